The third kappa shape index (κ3) is 4.96. The van der Waals surface area contributed by atoms with E-state index in [1.54, 1.807) is 0 Å². The SMILES string of the molecule is O=C(c1cc(Cl)c(C[C@@H]2CCN(C3CCc4n[nH]cc4C3)C2=O)c(Cl)c1)N1CCC(C(F)(F)F)CC1. The van der Waals surface area contributed by atoms with Gasteiger partial charge in [-0.15, -0.1) is 0 Å². The molecule has 1 aromatic heterocycles. The number of rotatable bonds is 4. The maximum absolute atomic E-state index is 13.2. The first-order valence-corrected chi connectivity index (χ1v) is 13.0. The van der Waals surface area contributed by atoms with Crippen LogP contribution < -0.4 is 0 Å². The second kappa shape index (κ2) is 9.89. The van der Waals surface area contributed by atoms with Gasteiger partial charge in [0.2, 0.25) is 5.91 Å². The van der Waals surface area contributed by atoms with E-state index in [0.29, 0.717) is 35.0 Å². The summed E-state index contributed by atoms with van der Waals surface area (Å²) in [4.78, 5) is 29.5. The van der Waals surface area contributed by atoms with Crippen LogP contribution in [0.4, 0.5) is 13.2 Å². The highest BCUT2D eigenvalue weighted by molar-refractivity contribution is 6.36. The van der Waals surface area contributed by atoms with Crippen molar-refractivity contribution in [3.63, 3.8) is 0 Å². The monoisotopic (exact) mass is 542 g/mol. The molecule has 1 unspecified atom stereocenters. The molecule has 36 heavy (non-hydrogen) atoms. The Bertz CT molecular complexity index is 1140. The third-order valence-corrected chi connectivity index (χ3v) is 8.53. The molecule has 194 valence electrons. The van der Waals surface area contributed by atoms with E-state index in [1.165, 1.54) is 17.0 Å². The first-order chi connectivity index (χ1) is 17.1. The Balaban J connectivity index is 1.23. The molecule has 1 N–H and O–H groups in total. The lowest BCUT2D eigenvalue weighted by Crippen LogP contribution is -2.42. The van der Waals surface area contributed by atoms with Crippen LogP contribution in [0, 0.1) is 11.8 Å². The van der Waals surface area contributed by atoms with Crippen molar-refractivity contribution in [1.82, 2.24) is 20.0 Å². The molecule has 3 heterocycles. The van der Waals surface area contributed by atoms with Crippen molar-refractivity contribution in [2.24, 2.45) is 11.8 Å². The number of aryl methyl sites for hydroxylation is 1. The van der Waals surface area contributed by atoms with Gasteiger partial charge in [-0.2, -0.15) is 18.3 Å². The Hall–Kier alpha value is -2.26. The molecule has 5 rings (SSSR count). The molecule has 0 saturated carbocycles. The number of H-pyrrole nitrogens is 1. The lowest BCUT2D eigenvalue weighted by Gasteiger charge is -2.33. The molecule has 2 atom stereocenters. The summed E-state index contributed by atoms with van der Waals surface area (Å²) in [5.41, 5.74) is 3.10. The number of likely N-dealkylation sites (tertiary alicyclic amines) is 2. The molecule has 1 aliphatic carbocycles. The van der Waals surface area contributed by atoms with Crippen molar-refractivity contribution in [2.45, 2.75) is 57.2 Å². The van der Waals surface area contributed by atoms with Gasteiger partial charge in [-0.05, 0) is 68.2 Å². The number of benzene rings is 1. The van der Waals surface area contributed by atoms with Crippen LogP contribution in [0.3, 0.4) is 0 Å². The smallest absolute Gasteiger partial charge is 0.339 e. The van der Waals surface area contributed by atoms with E-state index in [2.05, 4.69) is 10.2 Å². The molecular weight excluding hydrogens is 516 g/mol. The summed E-state index contributed by atoms with van der Waals surface area (Å²) in [6, 6.07) is 3.18. The second-order valence-electron chi connectivity index (χ2n) is 10.0. The highest BCUT2D eigenvalue weighted by Crippen LogP contribution is 2.36. The van der Waals surface area contributed by atoms with E-state index >= 15 is 0 Å². The number of aromatic nitrogens is 2. The summed E-state index contributed by atoms with van der Waals surface area (Å²) in [7, 11) is 0. The molecule has 0 bridgehead atoms. The zero-order chi connectivity index (χ0) is 25.6. The number of hydrogen-bond donors (Lipinski definition) is 1. The molecule has 11 heteroatoms. The standard InChI is InChI=1S/C25H27Cl2F3N4O2/c26-20-11-15(23(35)33-6-4-17(5-7-33)25(28,29)30)12-21(27)19(20)10-14-3-8-34(24(14)36)18-1-2-22-16(9-18)13-31-32-22/h11-14,17-18H,1-10H2,(H,31,32)/t14-,18?/m0/s1. The van der Waals surface area contributed by atoms with Gasteiger partial charge >= 0.3 is 6.18 Å². The maximum atomic E-state index is 13.2. The molecule has 0 spiro atoms. The van der Waals surface area contributed by atoms with E-state index < -0.39 is 12.1 Å². The van der Waals surface area contributed by atoms with Crippen molar-refractivity contribution < 1.29 is 22.8 Å². The summed E-state index contributed by atoms with van der Waals surface area (Å²) in [5.74, 6) is -1.92. The lowest BCUT2D eigenvalue weighted by atomic mass is 9.92. The highest BCUT2D eigenvalue weighted by atomic mass is 35.5. The fourth-order valence-electron chi connectivity index (χ4n) is 5.74. The molecule has 3 aliphatic rings. The van der Waals surface area contributed by atoms with Crippen molar-refractivity contribution in [3.05, 3.63) is 50.8 Å². The van der Waals surface area contributed by atoms with Crippen molar-refractivity contribution in [2.75, 3.05) is 19.6 Å². The minimum absolute atomic E-state index is 0.0356. The molecule has 1 aromatic carbocycles. The van der Waals surface area contributed by atoms with Gasteiger partial charge in [0.25, 0.3) is 5.91 Å². The molecule has 2 aromatic rings. The van der Waals surface area contributed by atoms with Crippen LogP contribution in [0.15, 0.2) is 18.3 Å². The Morgan fingerprint density at radius 1 is 1.08 bits per heavy atom. The lowest BCUT2D eigenvalue weighted by molar-refractivity contribution is -0.183. The summed E-state index contributed by atoms with van der Waals surface area (Å²) in [5, 5.41) is 7.75. The molecule has 2 fully saturated rings. The van der Waals surface area contributed by atoms with Gasteiger partial charge in [-0.25, -0.2) is 0 Å². The van der Waals surface area contributed by atoms with E-state index in [1.807, 2.05) is 11.1 Å². The zero-order valence-electron chi connectivity index (χ0n) is 19.6. The molecule has 2 saturated heterocycles. The fraction of sp³-hybridized carbons (Fsp3) is 0.560. The van der Waals surface area contributed by atoms with E-state index in [4.69, 9.17) is 23.2 Å². The molecule has 2 amide bonds. The number of aromatic amines is 1. The zero-order valence-corrected chi connectivity index (χ0v) is 21.1. The topological polar surface area (TPSA) is 69.3 Å². The Labute approximate surface area is 217 Å². The summed E-state index contributed by atoms with van der Waals surface area (Å²) < 4.78 is 38.8. The van der Waals surface area contributed by atoms with Gasteiger partial charge in [-0.1, -0.05) is 23.2 Å². The number of nitrogens with zero attached hydrogens (tertiary/aromatic N) is 3. The Morgan fingerprint density at radius 2 is 1.78 bits per heavy atom. The second-order valence-corrected chi connectivity index (χ2v) is 10.8. The average Bonchev–Trinajstić information content (AvgIpc) is 3.46. The number of piperidine rings is 1. The van der Waals surface area contributed by atoms with Crippen LogP contribution in [0.2, 0.25) is 10.0 Å². The van der Waals surface area contributed by atoms with Crippen LogP contribution in [-0.4, -0.2) is 63.7 Å². The van der Waals surface area contributed by atoms with Crippen LogP contribution in [0.25, 0.3) is 0 Å². The van der Waals surface area contributed by atoms with Gasteiger partial charge in [0.05, 0.1) is 11.6 Å². The van der Waals surface area contributed by atoms with Crippen LogP contribution in [0.1, 0.15) is 52.9 Å². The Kier molecular flexibility index (Phi) is 6.98. The number of carbonyl (C=O) groups is 2. The number of amides is 2. The van der Waals surface area contributed by atoms with Gasteiger partial charge < -0.3 is 9.80 Å². The first kappa shape index (κ1) is 25.4. The molecule has 2 aliphatic heterocycles. The van der Waals surface area contributed by atoms with E-state index in [0.717, 1.165) is 30.5 Å². The largest absolute Gasteiger partial charge is 0.391 e. The Morgan fingerprint density at radius 3 is 2.44 bits per heavy atom. The number of carbonyl (C=O) groups excluding carboxylic acids is 2. The fourth-order valence-corrected chi connectivity index (χ4v) is 6.38. The van der Waals surface area contributed by atoms with Gasteiger partial charge in [-0.3, -0.25) is 14.7 Å². The van der Waals surface area contributed by atoms with E-state index in [9.17, 15) is 22.8 Å². The van der Waals surface area contributed by atoms with E-state index in [-0.39, 0.29) is 55.3 Å². The molecule has 6 nitrogen and oxygen atoms in total. The minimum Gasteiger partial charge on any atom is -0.339 e. The van der Waals surface area contributed by atoms with Gasteiger partial charge in [0.15, 0.2) is 0 Å². The van der Waals surface area contributed by atoms with Crippen LogP contribution in [-0.2, 0) is 24.1 Å². The summed E-state index contributed by atoms with van der Waals surface area (Å²) in [6.45, 7) is 0.753. The third-order valence-electron chi connectivity index (χ3n) is 7.85. The summed E-state index contributed by atoms with van der Waals surface area (Å²) >= 11 is 13.0. The summed E-state index contributed by atoms with van der Waals surface area (Å²) in [6.07, 6.45) is 1.04. The van der Waals surface area contributed by atoms with Crippen molar-refractivity contribution >= 4 is 35.0 Å². The predicted molar refractivity (Wildman–Crippen MR) is 129 cm³/mol. The first-order valence-electron chi connectivity index (χ1n) is 12.3. The van der Waals surface area contributed by atoms with Crippen LogP contribution >= 0.6 is 23.2 Å². The highest BCUT2D eigenvalue weighted by Gasteiger charge is 2.42. The number of nitrogens with one attached hydrogen (secondary N) is 1. The molecule has 0 radical (unpaired) electrons. The van der Waals surface area contributed by atoms with Crippen LogP contribution in [0.5, 0.6) is 0 Å². The molecular formula is C25H27Cl2F3N4O2. The van der Waals surface area contributed by atoms with Gasteiger partial charge in [0.1, 0.15) is 0 Å². The maximum Gasteiger partial charge on any atom is 0.391 e. The number of hydrogen-bond acceptors (Lipinski definition) is 3. The minimum atomic E-state index is -4.24. The quantitative estimate of drug-likeness (QED) is 0.585. The normalized spacial score (nSPS) is 23.3. The predicted octanol–water partition coefficient (Wildman–Crippen LogP) is 5.08. The number of fused-ring (bicyclic) bond motifs is 1. The van der Waals surface area contributed by atoms with Crippen molar-refractivity contribution in [3.8, 4) is 0 Å². The number of alkyl halides is 3. The number of halogens is 5. The van der Waals surface area contributed by atoms with Gasteiger partial charge in [0, 0.05) is 53.4 Å². The average molecular weight is 543 g/mol. The van der Waals surface area contributed by atoms with Crippen molar-refractivity contribution in [1.29, 1.82) is 0 Å².